The smallest absolute Gasteiger partial charge is 0.301 e. The second kappa shape index (κ2) is 13.9. The highest BCUT2D eigenvalue weighted by atomic mass is 31.2. The summed E-state index contributed by atoms with van der Waals surface area (Å²) >= 11 is 0. The SMILES string of the molecule is O=P1(c2ccc3c(c2)C2(c4ccccc4-c4ccccc42)c2ccccc2-3)N(c2ccccc2)c2ccc(-c3ccc4c(c3)c3ccccc3n4-c3ccccc3)cc2N1c1ccccc1. The molecular weight excluding hydrogens is 822 g/mol. The van der Waals surface area contributed by atoms with Gasteiger partial charge in [0.1, 0.15) is 0 Å². The van der Waals surface area contributed by atoms with Gasteiger partial charge in [-0.15, -0.1) is 0 Å². The number of benzene rings is 10. The Kier molecular flexibility index (Phi) is 7.85. The average Bonchev–Trinajstić information content (AvgIpc) is 4.07. The summed E-state index contributed by atoms with van der Waals surface area (Å²) in [6.45, 7) is 0. The second-order valence-electron chi connectivity index (χ2n) is 17.6. The van der Waals surface area contributed by atoms with Crippen LogP contribution in [0.4, 0.5) is 22.7 Å². The molecule has 0 radical (unpaired) electrons. The molecule has 0 bridgehead atoms. The molecule has 0 fully saturated rings. The second-order valence-corrected chi connectivity index (χ2v) is 20.0. The Hall–Kier alpha value is -8.17. The van der Waals surface area contributed by atoms with Gasteiger partial charge in [0.15, 0.2) is 0 Å². The first-order valence-corrected chi connectivity index (χ1v) is 24.2. The normalized spacial score (nSPS) is 16.1. The minimum absolute atomic E-state index is 0.578. The van der Waals surface area contributed by atoms with Crippen LogP contribution in [-0.4, -0.2) is 4.57 Å². The monoisotopic (exact) mass is 861 g/mol. The Morgan fingerprint density at radius 1 is 0.333 bits per heavy atom. The third kappa shape index (κ3) is 4.91. The van der Waals surface area contributed by atoms with E-state index in [-0.39, 0.29) is 0 Å². The van der Waals surface area contributed by atoms with E-state index in [1.54, 1.807) is 0 Å². The fraction of sp³-hybridized carbons (Fsp3) is 0.0164. The first-order valence-electron chi connectivity index (χ1n) is 22.6. The molecule has 0 N–H and O–H groups in total. The Morgan fingerprint density at radius 2 is 0.803 bits per heavy atom. The first-order chi connectivity index (χ1) is 32.6. The molecule has 1 atom stereocenters. The Bertz CT molecular complexity index is 3760. The molecule has 1 aliphatic heterocycles. The van der Waals surface area contributed by atoms with Gasteiger partial charge in [-0.3, -0.25) is 13.9 Å². The highest BCUT2D eigenvalue weighted by Gasteiger charge is 2.54. The lowest BCUT2D eigenvalue weighted by molar-refractivity contribution is 0.582. The third-order valence-corrected chi connectivity index (χ3v) is 17.2. The van der Waals surface area contributed by atoms with E-state index < -0.39 is 12.9 Å². The van der Waals surface area contributed by atoms with E-state index in [0.717, 1.165) is 55.9 Å². The molecular formula is C61H40N3OP. The van der Waals surface area contributed by atoms with Gasteiger partial charge in [0.05, 0.1) is 33.1 Å². The molecule has 14 rings (SSSR count). The van der Waals surface area contributed by atoms with E-state index in [9.17, 15) is 0 Å². The van der Waals surface area contributed by atoms with Crippen molar-refractivity contribution in [2.75, 3.05) is 9.34 Å². The molecule has 0 saturated carbocycles. The zero-order valence-electron chi connectivity index (χ0n) is 35.8. The predicted octanol–water partition coefficient (Wildman–Crippen LogP) is 15.6. The van der Waals surface area contributed by atoms with Gasteiger partial charge >= 0.3 is 7.44 Å². The minimum Gasteiger partial charge on any atom is -0.309 e. The number of nitrogens with zero attached hydrogens (tertiary/aromatic N) is 3. The lowest BCUT2D eigenvalue weighted by atomic mass is 9.70. The lowest BCUT2D eigenvalue weighted by Gasteiger charge is -2.35. The van der Waals surface area contributed by atoms with Crippen LogP contribution in [0.1, 0.15) is 22.3 Å². The highest BCUT2D eigenvalue weighted by Crippen LogP contribution is 2.71. The molecule has 0 amide bonds. The molecule has 1 unspecified atom stereocenters. The van der Waals surface area contributed by atoms with E-state index in [0.29, 0.717) is 0 Å². The molecule has 1 aromatic heterocycles. The molecule has 1 spiro atoms. The van der Waals surface area contributed by atoms with Crippen LogP contribution in [0.2, 0.25) is 0 Å². The molecule has 5 heteroatoms. The topological polar surface area (TPSA) is 28.5 Å². The van der Waals surface area contributed by atoms with Crippen molar-refractivity contribution in [2.24, 2.45) is 0 Å². The van der Waals surface area contributed by atoms with Crippen LogP contribution < -0.4 is 14.6 Å². The van der Waals surface area contributed by atoms with Crippen molar-refractivity contribution in [3.8, 4) is 39.1 Å². The molecule has 2 heterocycles. The van der Waals surface area contributed by atoms with Crippen LogP contribution in [0.3, 0.4) is 0 Å². The zero-order valence-corrected chi connectivity index (χ0v) is 36.7. The van der Waals surface area contributed by atoms with Gasteiger partial charge in [0.25, 0.3) is 0 Å². The largest absolute Gasteiger partial charge is 0.309 e. The van der Waals surface area contributed by atoms with Crippen molar-refractivity contribution in [3.63, 3.8) is 0 Å². The van der Waals surface area contributed by atoms with Crippen molar-refractivity contribution in [3.05, 3.63) is 265 Å². The van der Waals surface area contributed by atoms with Crippen molar-refractivity contribution in [1.82, 2.24) is 4.57 Å². The molecule has 10 aromatic carbocycles. The predicted molar refractivity (Wildman–Crippen MR) is 273 cm³/mol. The number of fused-ring (bicyclic) bond motifs is 14. The van der Waals surface area contributed by atoms with Crippen molar-refractivity contribution < 1.29 is 4.57 Å². The molecule has 4 nitrogen and oxygen atoms in total. The third-order valence-electron chi connectivity index (χ3n) is 14.3. The fourth-order valence-corrected chi connectivity index (χ4v) is 14.7. The molecule has 2 aliphatic carbocycles. The first kappa shape index (κ1) is 37.2. The number of aromatic nitrogens is 1. The Morgan fingerprint density at radius 3 is 1.42 bits per heavy atom. The van der Waals surface area contributed by atoms with Gasteiger partial charge < -0.3 is 4.57 Å². The standard InChI is InChI=1S/C61H40N3OP/c65-66(46-34-35-50-49-26-12-16-30-55(49)61(56(50)40-46)53-28-14-10-24-47(53)48-25-11-15-29-54(48)61)63(44-20-6-2-7-21-44)59-37-33-42(39-60(59)64(66)45-22-8-3-9-23-45)41-32-36-58-52(38-41)51-27-13-17-31-57(51)62(58)43-18-4-1-5-19-43/h1-40H. The van der Waals surface area contributed by atoms with E-state index in [4.69, 9.17) is 0 Å². The van der Waals surface area contributed by atoms with Crippen LogP contribution in [0, 0.1) is 0 Å². The zero-order chi connectivity index (χ0) is 43.6. The van der Waals surface area contributed by atoms with E-state index >= 15 is 4.57 Å². The van der Waals surface area contributed by atoms with E-state index in [1.165, 1.54) is 55.2 Å². The van der Waals surface area contributed by atoms with Crippen LogP contribution in [0.25, 0.3) is 60.9 Å². The van der Waals surface area contributed by atoms with E-state index in [2.05, 4.69) is 220 Å². The fourth-order valence-electron chi connectivity index (χ4n) is 11.7. The summed E-state index contributed by atoms with van der Waals surface area (Å²) in [4.78, 5) is 0. The number of para-hydroxylation sites is 4. The van der Waals surface area contributed by atoms with Crippen molar-refractivity contribution in [1.29, 1.82) is 0 Å². The number of anilines is 4. The van der Waals surface area contributed by atoms with Gasteiger partial charge in [-0.25, -0.2) is 0 Å². The minimum atomic E-state index is -3.77. The van der Waals surface area contributed by atoms with Crippen molar-refractivity contribution >= 4 is 57.3 Å². The summed E-state index contributed by atoms with van der Waals surface area (Å²) in [5, 5.41) is 3.16. The van der Waals surface area contributed by atoms with Crippen LogP contribution in [0.5, 0.6) is 0 Å². The van der Waals surface area contributed by atoms with Crippen LogP contribution in [0.15, 0.2) is 243 Å². The van der Waals surface area contributed by atoms with Gasteiger partial charge in [-0.2, -0.15) is 0 Å². The number of hydrogen-bond acceptors (Lipinski definition) is 1. The van der Waals surface area contributed by atoms with Gasteiger partial charge in [-0.1, -0.05) is 164 Å². The molecule has 3 aliphatic rings. The van der Waals surface area contributed by atoms with E-state index in [1.807, 2.05) is 36.4 Å². The lowest BCUT2D eigenvalue weighted by Crippen LogP contribution is -2.30. The highest BCUT2D eigenvalue weighted by molar-refractivity contribution is 7.76. The number of hydrogen-bond donors (Lipinski definition) is 0. The molecule has 0 saturated heterocycles. The summed E-state index contributed by atoms with van der Waals surface area (Å²) in [5.41, 5.74) is 18.4. The summed E-state index contributed by atoms with van der Waals surface area (Å²) in [7, 11) is -3.77. The van der Waals surface area contributed by atoms with Gasteiger partial charge in [-0.05, 0) is 134 Å². The average molecular weight is 862 g/mol. The Labute approximate surface area is 383 Å². The Balaban J connectivity index is 1.01. The summed E-state index contributed by atoms with van der Waals surface area (Å²) in [6.07, 6.45) is 0. The molecule has 66 heavy (non-hydrogen) atoms. The summed E-state index contributed by atoms with van der Waals surface area (Å²) < 4.78 is 24.1. The summed E-state index contributed by atoms with van der Waals surface area (Å²) in [5.74, 6) is 0. The van der Waals surface area contributed by atoms with Crippen LogP contribution >= 0.6 is 7.44 Å². The van der Waals surface area contributed by atoms with Gasteiger partial charge in [0, 0.05) is 27.8 Å². The maximum absolute atomic E-state index is 17.5. The van der Waals surface area contributed by atoms with Gasteiger partial charge in [0.2, 0.25) is 0 Å². The maximum atomic E-state index is 17.5. The number of rotatable bonds is 5. The maximum Gasteiger partial charge on any atom is 0.301 e. The summed E-state index contributed by atoms with van der Waals surface area (Å²) in [6, 6.07) is 86.5. The molecule has 11 aromatic rings. The quantitative estimate of drug-likeness (QED) is 0.161. The molecule has 310 valence electrons. The van der Waals surface area contributed by atoms with Crippen molar-refractivity contribution in [2.45, 2.75) is 5.41 Å². The van der Waals surface area contributed by atoms with Crippen LogP contribution in [-0.2, 0) is 9.98 Å².